The lowest BCUT2D eigenvalue weighted by Gasteiger charge is -2.16. The van der Waals surface area contributed by atoms with Gasteiger partial charge in [0.1, 0.15) is 0 Å². The minimum Gasteiger partial charge on any atom is -0.600 e. The van der Waals surface area contributed by atoms with Crippen LogP contribution in [0, 0.1) is 0 Å². The molecule has 2 N–H and O–H groups in total. The van der Waals surface area contributed by atoms with Crippen LogP contribution in [0.15, 0.2) is 0 Å². The minimum atomic E-state index is -3.65. The van der Waals surface area contributed by atoms with E-state index in [9.17, 15) is 9.59 Å². The van der Waals surface area contributed by atoms with E-state index in [0.29, 0.717) is 0 Å². The highest BCUT2D eigenvalue weighted by Gasteiger charge is 2.42. The average Bonchev–Trinajstić information content (AvgIpc) is 1.79. The molecule has 9 heavy (non-hydrogen) atoms. The molecule has 0 spiro atoms. The SMILES string of the molecule is O=C1O[B-](O)(O)OC1=O. The molecule has 1 saturated heterocycles. The van der Waals surface area contributed by atoms with Crippen LogP contribution in [0.1, 0.15) is 0 Å². The lowest BCUT2D eigenvalue weighted by Crippen LogP contribution is -2.37. The zero-order valence-corrected chi connectivity index (χ0v) is 4.10. The van der Waals surface area contributed by atoms with Gasteiger partial charge in [0.05, 0.1) is 0 Å². The predicted octanol–water partition coefficient (Wildman–Crippen LogP) is -2.49. The van der Waals surface area contributed by atoms with Gasteiger partial charge in [0.2, 0.25) is 0 Å². The highest BCUT2D eigenvalue weighted by molar-refractivity contribution is 6.64. The van der Waals surface area contributed by atoms with Gasteiger partial charge in [-0.15, -0.1) is 0 Å². The molecule has 1 aliphatic heterocycles. The Kier molecular flexibility index (Phi) is 0.978. The van der Waals surface area contributed by atoms with Gasteiger partial charge in [-0.2, -0.15) is 0 Å². The molecule has 0 aromatic heterocycles. The molecule has 0 atom stereocenters. The Hall–Kier alpha value is -1.08. The van der Waals surface area contributed by atoms with Gasteiger partial charge >= 0.3 is 18.9 Å². The maximum atomic E-state index is 9.99. The maximum Gasteiger partial charge on any atom is 0.652 e. The van der Waals surface area contributed by atoms with Crippen molar-refractivity contribution < 1.29 is 28.9 Å². The van der Waals surface area contributed by atoms with Crippen molar-refractivity contribution in [2.24, 2.45) is 0 Å². The summed E-state index contributed by atoms with van der Waals surface area (Å²) in [7, 11) is 0. The quantitative estimate of drug-likeness (QED) is 0.280. The number of hydrogen-bond acceptors (Lipinski definition) is 6. The molecular weight excluding hydrogens is 131 g/mol. The van der Waals surface area contributed by atoms with Crippen molar-refractivity contribution in [2.45, 2.75) is 0 Å². The first kappa shape index (κ1) is 6.05. The van der Waals surface area contributed by atoms with Crippen molar-refractivity contribution in [1.29, 1.82) is 0 Å². The first-order valence-corrected chi connectivity index (χ1v) is 2.05. The van der Waals surface area contributed by atoms with Crippen LogP contribution in [-0.2, 0) is 18.9 Å². The van der Waals surface area contributed by atoms with E-state index in [2.05, 4.69) is 9.31 Å². The molecule has 0 bridgehead atoms. The third-order valence-corrected chi connectivity index (χ3v) is 0.688. The number of carbonyl (C=O) groups excluding carboxylic acids is 2. The minimum absolute atomic E-state index is 1.39. The zero-order valence-electron chi connectivity index (χ0n) is 4.10. The number of carbonyl (C=O) groups is 2. The summed E-state index contributed by atoms with van der Waals surface area (Å²) in [6.45, 7) is -3.65. The summed E-state index contributed by atoms with van der Waals surface area (Å²) in [5.74, 6) is -2.78. The summed E-state index contributed by atoms with van der Waals surface area (Å²) < 4.78 is 7.25. The van der Waals surface area contributed by atoms with E-state index in [1.807, 2.05) is 0 Å². The largest absolute Gasteiger partial charge is 0.652 e. The zero-order chi connectivity index (χ0) is 7.07. The van der Waals surface area contributed by atoms with Gasteiger partial charge in [-0.3, -0.25) is 0 Å². The van der Waals surface area contributed by atoms with Crippen molar-refractivity contribution in [3.05, 3.63) is 0 Å². The third kappa shape index (κ3) is 1.01. The van der Waals surface area contributed by atoms with Crippen molar-refractivity contribution in [3.8, 4) is 0 Å². The summed E-state index contributed by atoms with van der Waals surface area (Å²) in [5, 5.41) is 16.5. The fourth-order valence-electron chi connectivity index (χ4n) is 0.399. The van der Waals surface area contributed by atoms with E-state index in [-0.39, 0.29) is 0 Å². The summed E-state index contributed by atoms with van der Waals surface area (Å²) in [4.78, 5) is 20.0. The molecule has 1 heterocycles. The van der Waals surface area contributed by atoms with E-state index in [4.69, 9.17) is 10.0 Å². The lowest BCUT2D eigenvalue weighted by molar-refractivity contribution is -0.150. The Labute approximate surface area is 49.0 Å². The summed E-state index contributed by atoms with van der Waals surface area (Å²) in [6.07, 6.45) is 0. The van der Waals surface area contributed by atoms with Crippen molar-refractivity contribution in [1.82, 2.24) is 0 Å². The maximum absolute atomic E-state index is 9.99. The number of hydrogen-bond donors (Lipinski definition) is 2. The van der Waals surface area contributed by atoms with Gasteiger partial charge in [0.25, 0.3) is 0 Å². The van der Waals surface area contributed by atoms with Gasteiger partial charge in [-0.05, 0) is 0 Å². The van der Waals surface area contributed by atoms with Gasteiger partial charge in [0, 0.05) is 0 Å². The van der Waals surface area contributed by atoms with Gasteiger partial charge in [-0.1, -0.05) is 0 Å². The van der Waals surface area contributed by atoms with Gasteiger partial charge in [0.15, 0.2) is 0 Å². The van der Waals surface area contributed by atoms with Crippen LogP contribution in [0.5, 0.6) is 0 Å². The molecule has 0 unspecified atom stereocenters. The fourth-order valence-corrected chi connectivity index (χ4v) is 0.399. The molecule has 1 fully saturated rings. The van der Waals surface area contributed by atoms with Crippen LogP contribution in [0.4, 0.5) is 0 Å². The Morgan fingerprint density at radius 1 is 1.11 bits per heavy atom. The molecule has 6 nitrogen and oxygen atoms in total. The van der Waals surface area contributed by atoms with Crippen molar-refractivity contribution in [2.75, 3.05) is 0 Å². The second-order valence-corrected chi connectivity index (χ2v) is 1.44. The Morgan fingerprint density at radius 2 is 1.44 bits per heavy atom. The number of rotatable bonds is 0. The Bertz CT molecular complexity index is 154. The smallest absolute Gasteiger partial charge is 0.600 e. The van der Waals surface area contributed by atoms with Gasteiger partial charge in [-0.25, -0.2) is 9.59 Å². The molecule has 0 aromatic carbocycles. The molecule has 0 saturated carbocycles. The van der Waals surface area contributed by atoms with E-state index in [0.717, 1.165) is 0 Å². The predicted molar refractivity (Wildman–Crippen MR) is 22.4 cm³/mol. The first-order chi connectivity index (χ1) is 4.01. The monoisotopic (exact) mass is 133 g/mol. The van der Waals surface area contributed by atoms with Crippen molar-refractivity contribution >= 4 is 18.9 Å². The van der Waals surface area contributed by atoms with Crippen LogP contribution in [0.3, 0.4) is 0 Å². The Morgan fingerprint density at radius 3 is 1.56 bits per heavy atom. The molecule has 1 rings (SSSR count). The van der Waals surface area contributed by atoms with Crippen LogP contribution >= 0.6 is 0 Å². The Balaban J connectivity index is 2.76. The van der Waals surface area contributed by atoms with Crippen LogP contribution in [-0.4, -0.2) is 28.9 Å². The normalized spacial score (nSPS) is 23.3. The standard InChI is InChI=1S/C2H2BO6/c4-1-2(5)9-3(6,7)8-1/h6-7H/q-1. The molecule has 0 radical (unpaired) electrons. The molecule has 50 valence electrons. The highest BCUT2D eigenvalue weighted by Crippen LogP contribution is 2.07. The fraction of sp³-hybridized carbons (Fsp3) is 0. The third-order valence-electron chi connectivity index (χ3n) is 0.688. The average molecular weight is 133 g/mol. The van der Waals surface area contributed by atoms with Crippen LogP contribution in [0.2, 0.25) is 0 Å². The summed E-state index contributed by atoms with van der Waals surface area (Å²) in [6, 6.07) is 0. The van der Waals surface area contributed by atoms with E-state index in [1.54, 1.807) is 0 Å². The van der Waals surface area contributed by atoms with E-state index < -0.39 is 18.9 Å². The molecule has 0 aromatic rings. The highest BCUT2D eigenvalue weighted by atomic mass is 16.9. The summed E-state index contributed by atoms with van der Waals surface area (Å²) in [5.41, 5.74) is 0. The van der Waals surface area contributed by atoms with E-state index >= 15 is 0 Å². The second-order valence-electron chi connectivity index (χ2n) is 1.44. The van der Waals surface area contributed by atoms with E-state index in [1.165, 1.54) is 0 Å². The van der Waals surface area contributed by atoms with Gasteiger partial charge < -0.3 is 19.4 Å². The molecule has 0 aliphatic carbocycles. The molecule has 0 amide bonds. The van der Waals surface area contributed by atoms with Crippen molar-refractivity contribution in [3.63, 3.8) is 0 Å². The molecule has 1 aliphatic rings. The molecule has 7 heteroatoms. The van der Waals surface area contributed by atoms with Crippen LogP contribution < -0.4 is 0 Å². The molecular formula is C2H2BO6-. The first-order valence-electron chi connectivity index (χ1n) is 2.05. The topological polar surface area (TPSA) is 93.1 Å². The van der Waals surface area contributed by atoms with Crippen LogP contribution in [0.25, 0.3) is 0 Å². The summed E-state index contributed by atoms with van der Waals surface area (Å²) >= 11 is 0. The lowest BCUT2D eigenvalue weighted by atomic mass is 10.1. The second kappa shape index (κ2) is 1.46.